The van der Waals surface area contributed by atoms with Crippen molar-refractivity contribution >= 4 is 22.5 Å². The molecule has 1 saturated heterocycles. The number of H-pyrrole nitrogens is 1. The molecule has 3 N–H and O–H groups in total. The zero-order chi connectivity index (χ0) is 28.0. The van der Waals surface area contributed by atoms with Crippen LogP contribution in [0, 0.1) is 11.7 Å². The monoisotopic (exact) mass is 548 g/mol. The molecule has 3 aromatic carbocycles. The Hall–Kier alpha value is -3.98. The largest absolute Gasteiger partial charge is 0.419 e. The Morgan fingerprint density at radius 3 is 2.35 bits per heavy atom. The predicted molar refractivity (Wildman–Crippen MR) is 146 cm³/mol. The number of rotatable bonds is 6. The molecule has 1 saturated carbocycles. The number of amides is 1. The number of benzene rings is 3. The summed E-state index contributed by atoms with van der Waals surface area (Å²) < 4.78 is 54.4. The third kappa shape index (κ3) is 5.38. The first kappa shape index (κ1) is 26.3. The molecule has 2 heterocycles. The van der Waals surface area contributed by atoms with Gasteiger partial charge in [0.25, 0.3) is 0 Å². The lowest BCUT2D eigenvalue weighted by Gasteiger charge is -2.29. The van der Waals surface area contributed by atoms with Crippen molar-refractivity contribution in [3.05, 3.63) is 94.6 Å². The quantitative estimate of drug-likeness (QED) is 0.261. The molecule has 1 aliphatic heterocycles. The van der Waals surface area contributed by atoms with Crippen LogP contribution in [0.2, 0.25) is 0 Å². The smallest absolute Gasteiger partial charge is 0.366 e. The number of nitrogens with two attached hydrogens (primary N) is 1. The van der Waals surface area contributed by atoms with E-state index in [1.54, 1.807) is 18.2 Å². The first-order valence-corrected chi connectivity index (χ1v) is 13.4. The van der Waals surface area contributed by atoms with Crippen LogP contribution in [-0.4, -0.2) is 40.4 Å². The number of carbonyl (C=O) groups is 1. The van der Waals surface area contributed by atoms with Gasteiger partial charge in [-0.3, -0.25) is 4.79 Å². The molecule has 1 aromatic heterocycles. The summed E-state index contributed by atoms with van der Waals surface area (Å²) in [5.41, 5.74) is 9.38. The minimum Gasteiger partial charge on any atom is -0.366 e. The van der Waals surface area contributed by atoms with Gasteiger partial charge in [0.1, 0.15) is 11.6 Å². The highest BCUT2D eigenvalue weighted by Gasteiger charge is 2.35. The lowest BCUT2D eigenvalue weighted by atomic mass is 9.91. The maximum Gasteiger partial charge on any atom is 0.419 e. The van der Waals surface area contributed by atoms with Gasteiger partial charge in [0, 0.05) is 36.8 Å². The second-order valence-electron chi connectivity index (χ2n) is 10.7. The van der Waals surface area contributed by atoms with Crippen molar-refractivity contribution in [2.24, 2.45) is 11.7 Å². The molecule has 1 aliphatic carbocycles. The SMILES string of the molecule is NC(=O)c1cccc(-c2ccc(C(=C3CCN(CC4CC4)CC3)c3nc4cc(F)c(C(F)(F)F)cc4[nH]3)cc2)c1. The highest BCUT2D eigenvalue weighted by atomic mass is 19.4. The predicted octanol–water partition coefficient (Wildman–Crippen LogP) is 6.79. The summed E-state index contributed by atoms with van der Waals surface area (Å²) in [6.07, 6.45) is -0.614. The van der Waals surface area contributed by atoms with E-state index in [2.05, 4.69) is 14.9 Å². The minimum absolute atomic E-state index is 0.132. The number of aromatic nitrogens is 2. The first-order chi connectivity index (χ1) is 19.2. The van der Waals surface area contributed by atoms with Crippen LogP contribution in [0.3, 0.4) is 0 Å². The van der Waals surface area contributed by atoms with Crippen molar-refractivity contribution in [1.82, 2.24) is 14.9 Å². The highest BCUT2D eigenvalue weighted by Crippen LogP contribution is 2.37. The number of halogens is 4. The van der Waals surface area contributed by atoms with Crippen LogP contribution in [0.15, 0.2) is 66.2 Å². The van der Waals surface area contributed by atoms with E-state index < -0.39 is 23.5 Å². The van der Waals surface area contributed by atoms with Crippen molar-refractivity contribution in [2.75, 3.05) is 19.6 Å². The number of hydrogen-bond acceptors (Lipinski definition) is 3. The number of fused-ring (bicyclic) bond motifs is 1. The van der Waals surface area contributed by atoms with Gasteiger partial charge in [-0.25, -0.2) is 9.37 Å². The van der Waals surface area contributed by atoms with Crippen molar-refractivity contribution in [2.45, 2.75) is 31.9 Å². The van der Waals surface area contributed by atoms with Gasteiger partial charge >= 0.3 is 6.18 Å². The van der Waals surface area contributed by atoms with Gasteiger partial charge < -0.3 is 15.6 Å². The van der Waals surface area contributed by atoms with Gasteiger partial charge in [-0.15, -0.1) is 0 Å². The normalized spacial score (nSPS) is 16.4. The Morgan fingerprint density at radius 1 is 0.975 bits per heavy atom. The molecular formula is C31H28F4N4O. The molecule has 0 radical (unpaired) electrons. The number of likely N-dealkylation sites (tertiary alicyclic amines) is 1. The van der Waals surface area contributed by atoms with Crippen molar-refractivity contribution in [1.29, 1.82) is 0 Å². The van der Waals surface area contributed by atoms with Gasteiger partial charge in [0.05, 0.1) is 16.6 Å². The van der Waals surface area contributed by atoms with E-state index in [-0.39, 0.29) is 11.0 Å². The standard InChI is InChI=1S/C31H28F4N4O/c32-25-16-27-26(15-24(25)31(33,34)35)37-30(38-27)28(21-10-12-39(13-11-21)17-18-4-5-18)20-8-6-19(7-9-20)22-2-1-3-23(14-22)29(36)40/h1-3,6-9,14-16,18H,4-5,10-13,17H2,(H2,36,40)(H,37,38). The number of imidazole rings is 1. The summed E-state index contributed by atoms with van der Waals surface area (Å²) in [5, 5.41) is 0. The van der Waals surface area contributed by atoms with Crippen molar-refractivity contribution in [3.63, 3.8) is 0 Å². The van der Waals surface area contributed by atoms with E-state index in [1.807, 2.05) is 30.3 Å². The molecule has 2 fully saturated rings. The highest BCUT2D eigenvalue weighted by molar-refractivity contribution is 5.94. The number of primary amides is 1. The fraction of sp³-hybridized carbons (Fsp3) is 0.290. The Kier molecular flexibility index (Phi) is 6.70. The van der Waals surface area contributed by atoms with E-state index >= 15 is 0 Å². The summed E-state index contributed by atoms with van der Waals surface area (Å²) in [6, 6.07) is 16.4. The zero-order valence-electron chi connectivity index (χ0n) is 21.7. The van der Waals surface area contributed by atoms with Crippen LogP contribution in [0.4, 0.5) is 17.6 Å². The molecule has 4 aromatic rings. The third-order valence-electron chi connectivity index (χ3n) is 7.79. The van der Waals surface area contributed by atoms with Gasteiger partial charge in [-0.05, 0) is 66.5 Å². The number of carbonyl (C=O) groups excluding carboxylic acids is 1. The number of piperidine rings is 1. The number of alkyl halides is 3. The molecule has 9 heteroatoms. The van der Waals surface area contributed by atoms with Crippen LogP contribution < -0.4 is 5.73 Å². The maximum atomic E-state index is 14.3. The number of hydrogen-bond donors (Lipinski definition) is 2. The van der Waals surface area contributed by atoms with Crippen LogP contribution in [0.5, 0.6) is 0 Å². The lowest BCUT2D eigenvalue weighted by Crippen LogP contribution is -2.32. The number of aromatic amines is 1. The van der Waals surface area contributed by atoms with Crippen LogP contribution in [-0.2, 0) is 6.18 Å². The van der Waals surface area contributed by atoms with E-state index in [4.69, 9.17) is 5.73 Å². The van der Waals surface area contributed by atoms with E-state index in [9.17, 15) is 22.4 Å². The lowest BCUT2D eigenvalue weighted by molar-refractivity contribution is -0.139. The topological polar surface area (TPSA) is 75.0 Å². The number of nitrogens with one attached hydrogen (secondary N) is 1. The van der Waals surface area contributed by atoms with Crippen molar-refractivity contribution < 1.29 is 22.4 Å². The Morgan fingerprint density at radius 2 is 1.70 bits per heavy atom. The third-order valence-corrected chi connectivity index (χ3v) is 7.79. The summed E-state index contributed by atoms with van der Waals surface area (Å²) in [5.74, 6) is -0.641. The van der Waals surface area contributed by atoms with E-state index in [0.29, 0.717) is 11.4 Å². The molecule has 40 heavy (non-hydrogen) atoms. The van der Waals surface area contributed by atoms with Gasteiger partial charge in [0.15, 0.2) is 0 Å². The molecular weight excluding hydrogens is 520 g/mol. The average molecular weight is 549 g/mol. The van der Waals surface area contributed by atoms with E-state index in [0.717, 1.165) is 78.4 Å². The van der Waals surface area contributed by atoms with Crippen LogP contribution in [0.1, 0.15) is 53.0 Å². The van der Waals surface area contributed by atoms with Gasteiger partial charge in [0.2, 0.25) is 5.91 Å². The molecule has 6 rings (SSSR count). The molecule has 1 amide bonds. The summed E-state index contributed by atoms with van der Waals surface area (Å²) in [6.45, 7) is 2.91. The molecule has 206 valence electrons. The summed E-state index contributed by atoms with van der Waals surface area (Å²) >= 11 is 0. The van der Waals surface area contributed by atoms with Crippen LogP contribution in [0.25, 0.3) is 27.7 Å². The fourth-order valence-electron chi connectivity index (χ4n) is 5.48. The Bertz CT molecular complexity index is 1610. The first-order valence-electron chi connectivity index (χ1n) is 13.4. The molecule has 0 bridgehead atoms. The second kappa shape index (κ2) is 10.2. The summed E-state index contributed by atoms with van der Waals surface area (Å²) in [7, 11) is 0. The van der Waals surface area contributed by atoms with Gasteiger partial charge in [-0.2, -0.15) is 13.2 Å². The molecule has 2 aliphatic rings. The fourth-order valence-corrected chi connectivity index (χ4v) is 5.48. The molecule has 5 nitrogen and oxygen atoms in total. The van der Waals surface area contributed by atoms with Crippen molar-refractivity contribution in [3.8, 4) is 11.1 Å². The second-order valence-corrected chi connectivity index (χ2v) is 10.7. The molecule has 0 unspecified atom stereocenters. The van der Waals surface area contributed by atoms with E-state index in [1.165, 1.54) is 12.8 Å². The maximum absolute atomic E-state index is 14.3. The van der Waals surface area contributed by atoms with Gasteiger partial charge in [-0.1, -0.05) is 42.0 Å². The minimum atomic E-state index is -4.80. The average Bonchev–Trinajstić information content (AvgIpc) is 3.66. The summed E-state index contributed by atoms with van der Waals surface area (Å²) in [4.78, 5) is 21.7. The number of nitrogens with zero attached hydrogens (tertiary/aromatic N) is 2. The zero-order valence-corrected chi connectivity index (χ0v) is 21.7. The Balaban J connectivity index is 1.39. The molecule has 0 spiro atoms. The molecule has 0 atom stereocenters. The van der Waals surface area contributed by atoms with Crippen LogP contribution >= 0.6 is 0 Å². The Labute approximate surface area is 228 Å².